The normalized spacial score (nSPS) is 15.1. The van der Waals surface area contributed by atoms with E-state index in [2.05, 4.69) is 21.5 Å². The molecule has 0 bridgehead atoms. The van der Waals surface area contributed by atoms with Gasteiger partial charge in [-0.15, -0.1) is 0 Å². The van der Waals surface area contributed by atoms with E-state index in [1.165, 1.54) is 6.33 Å². The van der Waals surface area contributed by atoms with Crippen LogP contribution in [0.2, 0.25) is 0 Å². The fourth-order valence-electron chi connectivity index (χ4n) is 4.10. The van der Waals surface area contributed by atoms with Crippen molar-refractivity contribution < 1.29 is 14.2 Å². The highest BCUT2D eigenvalue weighted by Gasteiger charge is 2.30. The minimum atomic E-state index is -0.0301. The first-order chi connectivity index (χ1) is 15.7. The predicted octanol–water partition coefficient (Wildman–Crippen LogP) is 5.57. The van der Waals surface area contributed by atoms with Gasteiger partial charge in [0.2, 0.25) is 0 Å². The highest BCUT2D eigenvalue weighted by molar-refractivity contribution is 5.91. The molecule has 4 aromatic rings. The van der Waals surface area contributed by atoms with Gasteiger partial charge in [0.1, 0.15) is 34.6 Å². The molecule has 32 heavy (non-hydrogen) atoms. The highest BCUT2D eigenvalue weighted by Crippen LogP contribution is 2.40. The number of fused-ring (bicyclic) bond motifs is 3. The Hall–Kier alpha value is -3.58. The Bertz CT molecular complexity index is 1250. The van der Waals surface area contributed by atoms with Gasteiger partial charge in [0, 0.05) is 17.3 Å². The van der Waals surface area contributed by atoms with Gasteiger partial charge >= 0.3 is 0 Å². The largest absolute Gasteiger partial charge is 0.493 e. The van der Waals surface area contributed by atoms with Crippen LogP contribution < -0.4 is 15.2 Å². The van der Waals surface area contributed by atoms with Gasteiger partial charge in [0.25, 0.3) is 0 Å². The average Bonchev–Trinajstić information content (AvgIpc) is 3.34. The molecule has 0 saturated carbocycles. The summed E-state index contributed by atoms with van der Waals surface area (Å²) >= 11 is 0. The molecule has 1 aliphatic rings. The summed E-state index contributed by atoms with van der Waals surface area (Å²) in [5, 5.41) is 0. The van der Waals surface area contributed by atoms with E-state index in [4.69, 9.17) is 19.9 Å². The summed E-state index contributed by atoms with van der Waals surface area (Å²) in [6.45, 7) is 5.39. The predicted molar refractivity (Wildman–Crippen MR) is 123 cm³/mol. The summed E-state index contributed by atoms with van der Waals surface area (Å²) < 4.78 is 19.8. The third kappa shape index (κ3) is 3.65. The third-order valence-electron chi connectivity index (χ3n) is 5.69. The van der Waals surface area contributed by atoms with Gasteiger partial charge in [-0.05, 0) is 49.7 Å². The van der Waals surface area contributed by atoms with Gasteiger partial charge in [-0.25, -0.2) is 9.97 Å². The molecule has 0 radical (unpaired) electrons. The maximum absolute atomic E-state index is 6.24. The molecule has 0 aliphatic carbocycles. The molecule has 3 heterocycles. The van der Waals surface area contributed by atoms with E-state index in [9.17, 15) is 0 Å². The second-order valence-corrected chi connectivity index (χ2v) is 7.88. The fourth-order valence-corrected chi connectivity index (χ4v) is 4.10. The molecule has 7 nitrogen and oxygen atoms in total. The van der Waals surface area contributed by atoms with Gasteiger partial charge < -0.3 is 24.5 Å². The summed E-state index contributed by atoms with van der Waals surface area (Å²) in [5.41, 5.74) is 11.0. The lowest BCUT2D eigenvalue weighted by Crippen LogP contribution is -2.03. The summed E-state index contributed by atoms with van der Waals surface area (Å²) in [4.78, 5) is 8.70. The minimum Gasteiger partial charge on any atom is -0.493 e. The van der Waals surface area contributed by atoms with E-state index in [1.807, 2.05) is 55.5 Å². The van der Waals surface area contributed by atoms with Gasteiger partial charge in [0.15, 0.2) is 5.82 Å². The molecule has 2 aromatic heterocycles. The van der Waals surface area contributed by atoms with Crippen molar-refractivity contribution in [2.24, 2.45) is 0 Å². The molecular formula is C25H26N4O3. The van der Waals surface area contributed by atoms with Crippen LogP contribution in [-0.4, -0.2) is 21.1 Å². The summed E-state index contributed by atoms with van der Waals surface area (Å²) in [6.07, 6.45) is 3.61. The Labute approximate surface area is 186 Å². The van der Waals surface area contributed by atoms with Crippen molar-refractivity contribution in [2.45, 2.75) is 39.4 Å². The number of hydrogen-bond acceptors (Lipinski definition) is 6. The Balaban J connectivity index is 1.43. The quantitative estimate of drug-likeness (QED) is 0.386. The van der Waals surface area contributed by atoms with Crippen LogP contribution in [0.1, 0.15) is 44.1 Å². The second-order valence-electron chi connectivity index (χ2n) is 7.88. The minimum absolute atomic E-state index is 0.0301. The maximum Gasteiger partial charge on any atom is 0.151 e. The van der Waals surface area contributed by atoms with Crippen LogP contribution in [0.25, 0.3) is 16.7 Å². The molecule has 0 spiro atoms. The van der Waals surface area contributed by atoms with Crippen molar-refractivity contribution in [3.8, 4) is 22.9 Å². The first-order valence-electron chi connectivity index (χ1n) is 10.9. The van der Waals surface area contributed by atoms with Crippen LogP contribution in [0.5, 0.6) is 17.2 Å². The van der Waals surface area contributed by atoms with E-state index in [-0.39, 0.29) is 6.10 Å². The Morgan fingerprint density at radius 1 is 1.09 bits per heavy atom. The Morgan fingerprint density at radius 2 is 1.91 bits per heavy atom. The van der Waals surface area contributed by atoms with E-state index in [0.29, 0.717) is 19.0 Å². The molecular weight excluding hydrogens is 404 g/mol. The van der Waals surface area contributed by atoms with Crippen molar-refractivity contribution in [2.75, 3.05) is 12.3 Å². The number of nitrogens with two attached hydrogens (primary N) is 1. The summed E-state index contributed by atoms with van der Waals surface area (Å²) in [6, 6.07) is 15.6. The second kappa shape index (κ2) is 8.51. The number of unbranched alkanes of at least 4 members (excludes halogenated alkanes) is 1. The topological polar surface area (TPSA) is 84.4 Å². The van der Waals surface area contributed by atoms with Gasteiger partial charge in [0.05, 0.1) is 25.0 Å². The summed E-state index contributed by atoms with van der Waals surface area (Å²) in [5.74, 6) is 2.74. The van der Waals surface area contributed by atoms with E-state index < -0.39 is 0 Å². The number of hydrogen-bond donors (Lipinski definition) is 1. The zero-order valence-corrected chi connectivity index (χ0v) is 18.2. The SMILES string of the molecule is CCCCOc1cccc(Oc2ccc(-n3c4c(c5ncnc(N)c53)C(C)OC4)cc2)c1. The number of benzene rings is 2. The number of rotatable bonds is 7. The standard InChI is InChI=1S/C25H26N4O3/c1-3-4-12-30-19-6-5-7-20(13-19)32-18-10-8-17(9-11-18)29-21-14-31-16(2)22(21)23-24(29)25(26)28-15-27-23/h5-11,13,15-16H,3-4,12,14H2,1-2H3,(H2,26,27,28). The van der Waals surface area contributed by atoms with Crippen molar-refractivity contribution in [1.29, 1.82) is 0 Å². The molecule has 0 saturated heterocycles. The first kappa shape index (κ1) is 20.3. The van der Waals surface area contributed by atoms with Gasteiger partial charge in [-0.2, -0.15) is 0 Å². The molecule has 0 amide bonds. The molecule has 2 aromatic carbocycles. The molecule has 2 N–H and O–H groups in total. The number of anilines is 1. The lowest BCUT2D eigenvalue weighted by Gasteiger charge is -2.12. The number of nitrogens with zero attached hydrogens (tertiary/aromatic N) is 3. The summed E-state index contributed by atoms with van der Waals surface area (Å²) in [7, 11) is 0. The van der Waals surface area contributed by atoms with E-state index in [0.717, 1.165) is 58.1 Å². The van der Waals surface area contributed by atoms with Crippen LogP contribution in [-0.2, 0) is 11.3 Å². The monoisotopic (exact) mass is 430 g/mol. The Kier molecular flexibility index (Phi) is 5.41. The lowest BCUT2D eigenvalue weighted by atomic mass is 10.1. The van der Waals surface area contributed by atoms with E-state index >= 15 is 0 Å². The molecule has 1 unspecified atom stereocenters. The van der Waals surface area contributed by atoms with Gasteiger partial charge in [-0.3, -0.25) is 0 Å². The molecule has 5 rings (SSSR count). The van der Waals surface area contributed by atoms with E-state index in [1.54, 1.807) is 0 Å². The zero-order valence-electron chi connectivity index (χ0n) is 18.2. The number of nitrogen functional groups attached to an aromatic ring is 1. The van der Waals surface area contributed by atoms with Crippen LogP contribution in [0, 0.1) is 0 Å². The molecule has 164 valence electrons. The van der Waals surface area contributed by atoms with Crippen LogP contribution in [0.15, 0.2) is 54.9 Å². The van der Waals surface area contributed by atoms with Crippen molar-refractivity contribution in [1.82, 2.24) is 14.5 Å². The molecule has 7 heteroatoms. The lowest BCUT2D eigenvalue weighted by molar-refractivity contribution is 0.0783. The van der Waals surface area contributed by atoms with Crippen molar-refractivity contribution in [3.05, 3.63) is 66.1 Å². The smallest absolute Gasteiger partial charge is 0.151 e. The van der Waals surface area contributed by atoms with Crippen LogP contribution in [0.3, 0.4) is 0 Å². The first-order valence-corrected chi connectivity index (χ1v) is 10.9. The fraction of sp³-hybridized carbons (Fsp3) is 0.280. The molecule has 0 fully saturated rings. The average molecular weight is 431 g/mol. The Morgan fingerprint density at radius 3 is 2.72 bits per heavy atom. The van der Waals surface area contributed by atoms with Crippen LogP contribution >= 0.6 is 0 Å². The zero-order chi connectivity index (χ0) is 22.1. The number of ether oxygens (including phenoxy) is 3. The number of aromatic nitrogens is 3. The third-order valence-corrected chi connectivity index (χ3v) is 5.69. The van der Waals surface area contributed by atoms with Crippen molar-refractivity contribution >= 4 is 16.9 Å². The maximum atomic E-state index is 6.24. The molecule has 1 atom stereocenters. The molecule has 1 aliphatic heterocycles. The van der Waals surface area contributed by atoms with Crippen LogP contribution in [0.4, 0.5) is 5.82 Å². The van der Waals surface area contributed by atoms with Crippen molar-refractivity contribution in [3.63, 3.8) is 0 Å². The highest BCUT2D eigenvalue weighted by atomic mass is 16.5. The van der Waals surface area contributed by atoms with Gasteiger partial charge in [-0.1, -0.05) is 19.4 Å².